The fraction of sp³-hybridized carbons (Fsp3) is 0.158. The average molecular weight is 296 g/mol. The zero-order chi connectivity index (χ0) is 14.8. The molecule has 2 heteroatoms. The summed E-state index contributed by atoms with van der Waals surface area (Å²) < 4.78 is 0. The van der Waals surface area contributed by atoms with Crippen molar-refractivity contribution in [2.45, 2.75) is 13.5 Å². The smallest absolute Gasteiger partial charge is 0.0451 e. The van der Waals surface area contributed by atoms with Gasteiger partial charge in [0.25, 0.3) is 0 Å². The molecule has 0 bridgehead atoms. The number of aryl methyl sites for hydroxylation is 1. The van der Waals surface area contributed by atoms with Crippen LogP contribution in [0.25, 0.3) is 21.9 Å². The summed E-state index contributed by atoms with van der Waals surface area (Å²) in [5.74, 6) is 0. The normalized spacial score (nSPS) is 11.0. The van der Waals surface area contributed by atoms with Crippen LogP contribution >= 0.6 is 11.6 Å². The van der Waals surface area contributed by atoms with Gasteiger partial charge in [-0.1, -0.05) is 54.1 Å². The van der Waals surface area contributed by atoms with Gasteiger partial charge in [-0.05, 0) is 59.1 Å². The van der Waals surface area contributed by atoms with Crippen LogP contribution in [0.3, 0.4) is 0 Å². The lowest BCUT2D eigenvalue weighted by Crippen LogP contribution is -2.05. The van der Waals surface area contributed by atoms with Crippen molar-refractivity contribution in [2.75, 3.05) is 7.05 Å². The molecule has 1 N–H and O–H groups in total. The number of rotatable bonds is 3. The van der Waals surface area contributed by atoms with Crippen molar-refractivity contribution in [3.63, 3.8) is 0 Å². The summed E-state index contributed by atoms with van der Waals surface area (Å²) in [5, 5.41) is 6.57. The fourth-order valence-corrected chi connectivity index (χ4v) is 2.95. The molecule has 3 aromatic carbocycles. The Kier molecular flexibility index (Phi) is 3.96. The van der Waals surface area contributed by atoms with E-state index in [2.05, 4.69) is 60.8 Å². The molecule has 0 radical (unpaired) electrons. The molecule has 0 saturated carbocycles. The van der Waals surface area contributed by atoms with Crippen molar-refractivity contribution in [1.82, 2.24) is 5.32 Å². The standard InChI is InChI=1S/C19H18ClN/c1-13-7-9-17(18-6-4-3-5-16(13)18)14-8-10-19(20)15(11-14)12-21-2/h3-11,21H,12H2,1-2H3. The molecular weight excluding hydrogens is 278 g/mol. The molecule has 0 aliphatic rings. The first-order valence-corrected chi connectivity index (χ1v) is 7.50. The topological polar surface area (TPSA) is 12.0 Å². The predicted octanol–water partition coefficient (Wildman–Crippen LogP) is 5.19. The van der Waals surface area contributed by atoms with Crippen molar-refractivity contribution in [3.05, 3.63) is 70.7 Å². The quantitative estimate of drug-likeness (QED) is 0.701. The highest BCUT2D eigenvalue weighted by molar-refractivity contribution is 6.31. The van der Waals surface area contributed by atoms with Crippen LogP contribution in [-0.2, 0) is 6.54 Å². The van der Waals surface area contributed by atoms with E-state index in [1.54, 1.807) is 0 Å². The van der Waals surface area contributed by atoms with Crippen LogP contribution < -0.4 is 5.32 Å². The van der Waals surface area contributed by atoms with Crippen molar-refractivity contribution < 1.29 is 0 Å². The van der Waals surface area contributed by atoms with Crippen LogP contribution in [0, 0.1) is 6.92 Å². The van der Waals surface area contributed by atoms with Gasteiger partial charge in [-0.3, -0.25) is 0 Å². The van der Waals surface area contributed by atoms with Gasteiger partial charge in [-0.15, -0.1) is 0 Å². The second kappa shape index (κ2) is 5.88. The van der Waals surface area contributed by atoms with E-state index in [4.69, 9.17) is 11.6 Å². The summed E-state index contributed by atoms with van der Waals surface area (Å²) in [5.41, 5.74) is 4.89. The molecule has 1 nitrogen and oxygen atoms in total. The summed E-state index contributed by atoms with van der Waals surface area (Å²) in [4.78, 5) is 0. The van der Waals surface area contributed by atoms with E-state index in [1.807, 2.05) is 13.1 Å². The molecule has 0 aliphatic heterocycles. The van der Waals surface area contributed by atoms with Crippen LogP contribution in [0.4, 0.5) is 0 Å². The van der Waals surface area contributed by atoms with Crippen molar-refractivity contribution in [1.29, 1.82) is 0 Å². The van der Waals surface area contributed by atoms with Crippen molar-refractivity contribution in [3.8, 4) is 11.1 Å². The van der Waals surface area contributed by atoms with Gasteiger partial charge in [-0.25, -0.2) is 0 Å². The van der Waals surface area contributed by atoms with Gasteiger partial charge in [-0.2, -0.15) is 0 Å². The minimum Gasteiger partial charge on any atom is -0.316 e. The Morgan fingerprint density at radius 2 is 1.71 bits per heavy atom. The third-order valence-electron chi connectivity index (χ3n) is 3.87. The molecule has 0 aromatic heterocycles. The van der Waals surface area contributed by atoms with E-state index in [9.17, 15) is 0 Å². The molecule has 106 valence electrons. The second-order valence-electron chi connectivity index (χ2n) is 5.31. The summed E-state index contributed by atoms with van der Waals surface area (Å²) in [6.45, 7) is 2.93. The molecule has 0 aliphatic carbocycles. The lowest BCUT2D eigenvalue weighted by molar-refractivity contribution is 0.818. The van der Waals surface area contributed by atoms with Gasteiger partial charge >= 0.3 is 0 Å². The fourth-order valence-electron chi connectivity index (χ4n) is 2.77. The number of benzene rings is 3. The zero-order valence-corrected chi connectivity index (χ0v) is 13.0. The van der Waals surface area contributed by atoms with Crippen LogP contribution in [0.5, 0.6) is 0 Å². The predicted molar refractivity (Wildman–Crippen MR) is 91.9 cm³/mol. The monoisotopic (exact) mass is 295 g/mol. The van der Waals surface area contributed by atoms with Gasteiger partial charge in [0, 0.05) is 11.6 Å². The molecule has 21 heavy (non-hydrogen) atoms. The Balaban J connectivity index is 2.21. The molecule has 0 atom stereocenters. The molecule has 0 spiro atoms. The van der Waals surface area contributed by atoms with Crippen LogP contribution in [0.15, 0.2) is 54.6 Å². The molecule has 3 aromatic rings. The maximum Gasteiger partial charge on any atom is 0.0451 e. The Labute approximate surface area is 130 Å². The van der Waals surface area contributed by atoms with Gasteiger partial charge in [0.15, 0.2) is 0 Å². The average Bonchev–Trinajstić information content (AvgIpc) is 2.51. The highest BCUT2D eigenvalue weighted by Crippen LogP contribution is 2.32. The van der Waals surface area contributed by atoms with Gasteiger partial charge in [0.2, 0.25) is 0 Å². The maximum absolute atomic E-state index is 6.27. The lowest BCUT2D eigenvalue weighted by Gasteiger charge is -2.11. The Morgan fingerprint density at radius 1 is 0.952 bits per heavy atom. The number of hydrogen-bond acceptors (Lipinski definition) is 1. The van der Waals surface area contributed by atoms with Crippen molar-refractivity contribution >= 4 is 22.4 Å². The number of fused-ring (bicyclic) bond motifs is 1. The maximum atomic E-state index is 6.27. The molecule has 0 amide bonds. The number of nitrogens with one attached hydrogen (secondary N) is 1. The minimum atomic E-state index is 0.774. The first-order valence-electron chi connectivity index (χ1n) is 7.12. The van der Waals surface area contributed by atoms with E-state index in [0.29, 0.717) is 0 Å². The van der Waals surface area contributed by atoms with Gasteiger partial charge in [0.1, 0.15) is 0 Å². The summed E-state index contributed by atoms with van der Waals surface area (Å²) in [7, 11) is 1.93. The molecule has 0 saturated heterocycles. The largest absolute Gasteiger partial charge is 0.316 e. The van der Waals surface area contributed by atoms with Crippen molar-refractivity contribution in [2.24, 2.45) is 0 Å². The first kappa shape index (κ1) is 14.1. The molecule has 0 fully saturated rings. The van der Waals surface area contributed by atoms with Gasteiger partial charge < -0.3 is 5.32 Å². The lowest BCUT2D eigenvalue weighted by atomic mass is 9.94. The van der Waals surface area contributed by atoms with E-state index in [1.165, 1.54) is 27.5 Å². The Hall–Kier alpha value is -1.83. The Bertz CT molecular complexity index is 793. The third kappa shape index (κ3) is 2.67. The Morgan fingerprint density at radius 3 is 2.48 bits per heavy atom. The van der Waals surface area contributed by atoms with E-state index >= 15 is 0 Å². The van der Waals surface area contributed by atoms with E-state index in [-0.39, 0.29) is 0 Å². The van der Waals surface area contributed by atoms with E-state index in [0.717, 1.165) is 17.1 Å². The zero-order valence-electron chi connectivity index (χ0n) is 12.3. The second-order valence-corrected chi connectivity index (χ2v) is 5.72. The number of hydrogen-bond donors (Lipinski definition) is 1. The molecular formula is C19H18ClN. The van der Waals surface area contributed by atoms with Crippen LogP contribution in [0.1, 0.15) is 11.1 Å². The molecule has 0 unspecified atom stereocenters. The first-order chi connectivity index (χ1) is 10.2. The molecule has 0 heterocycles. The highest BCUT2D eigenvalue weighted by Gasteiger charge is 2.08. The highest BCUT2D eigenvalue weighted by atomic mass is 35.5. The summed E-state index contributed by atoms with van der Waals surface area (Å²) >= 11 is 6.27. The van der Waals surface area contributed by atoms with Gasteiger partial charge in [0.05, 0.1) is 0 Å². The number of halogens is 1. The third-order valence-corrected chi connectivity index (χ3v) is 4.23. The van der Waals surface area contributed by atoms with Crippen LogP contribution in [-0.4, -0.2) is 7.05 Å². The van der Waals surface area contributed by atoms with E-state index < -0.39 is 0 Å². The SMILES string of the molecule is CNCc1cc(-c2ccc(C)c3ccccc23)ccc1Cl. The molecule has 3 rings (SSSR count). The minimum absolute atomic E-state index is 0.774. The summed E-state index contributed by atoms with van der Waals surface area (Å²) in [6.07, 6.45) is 0. The summed E-state index contributed by atoms with van der Waals surface area (Å²) in [6, 6.07) is 19.2. The van der Waals surface area contributed by atoms with Crippen LogP contribution in [0.2, 0.25) is 5.02 Å².